The van der Waals surface area contributed by atoms with E-state index in [9.17, 15) is 13.2 Å². The zero-order valence-corrected chi connectivity index (χ0v) is 26.9. The van der Waals surface area contributed by atoms with Gasteiger partial charge in [0.15, 0.2) is 5.60 Å². The van der Waals surface area contributed by atoms with Crippen molar-refractivity contribution in [3.05, 3.63) is 124 Å². The molecule has 2 aliphatic rings. The summed E-state index contributed by atoms with van der Waals surface area (Å²) in [4.78, 5) is 0. The lowest BCUT2D eigenvalue weighted by atomic mass is 9.71. The number of methoxy groups -OCH3 is 3. The van der Waals surface area contributed by atoms with E-state index in [1.165, 1.54) is 12.1 Å². The Labute approximate surface area is 272 Å². The van der Waals surface area contributed by atoms with Gasteiger partial charge in [-0.2, -0.15) is 13.2 Å². The molecule has 0 bridgehead atoms. The molecule has 1 aliphatic carbocycles. The van der Waals surface area contributed by atoms with Crippen molar-refractivity contribution in [1.29, 1.82) is 0 Å². The molecule has 1 aliphatic heterocycles. The molecule has 0 radical (unpaired) electrons. The number of hydrogen-bond donors (Lipinski definition) is 0. The van der Waals surface area contributed by atoms with E-state index in [1.54, 1.807) is 27.4 Å². The first-order valence-electron chi connectivity index (χ1n) is 15.7. The van der Waals surface area contributed by atoms with E-state index in [2.05, 4.69) is 26.0 Å². The molecule has 7 rings (SSSR count). The largest absolute Gasteiger partial charge is 0.497 e. The first-order chi connectivity index (χ1) is 22.6. The number of halogens is 3. The van der Waals surface area contributed by atoms with Gasteiger partial charge in [-0.25, -0.2) is 0 Å². The van der Waals surface area contributed by atoms with Crippen LogP contribution in [0, 0.1) is 0 Å². The van der Waals surface area contributed by atoms with Gasteiger partial charge in [-0.15, -0.1) is 0 Å². The van der Waals surface area contributed by atoms with Gasteiger partial charge in [0.25, 0.3) is 0 Å². The molecule has 47 heavy (non-hydrogen) atoms. The van der Waals surface area contributed by atoms with E-state index in [0.29, 0.717) is 29.9 Å². The summed E-state index contributed by atoms with van der Waals surface area (Å²) in [6, 6.07) is 25.7. The van der Waals surface area contributed by atoms with Gasteiger partial charge >= 0.3 is 6.18 Å². The molecule has 0 fully saturated rings. The summed E-state index contributed by atoms with van der Waals surface area (Å²) < 4.78 is 66.2. The third-order valence-corrected chi connectivity index (χ3v) is 10.1. The summed E-state index contributed by atoms with van der Waals surface area (Å²) >= 11 is 0. The summed E-state index contributed by atoms with van der Waals surface area (Å²) in [7, 11) is 4.88. The lowest BCUT2D eigenvalue weighted by molar-refractivity contribution is -0.137. The minimum atomic E-state index is -4.45. The Morgan fingerprint density at radius 3 is 1.79 bits per heavy atom. The second-order valence-corrected chi connectivity index (χ2v) is 12.1. The molecule has 0 saturated carbocycles. The van der Waals surface area contributed by atoms with Gasteiger partial charge in [-0.3, -0.25) is 0 Å². The van der Waals surface area contributed by atoms with Gasteiger partial charge in [0.2, 0.25) is 0 Å². The molecule has 0 unspecified atom stereocenters. The summed E-state index contributed by atoms with van der Waals surface area (Å²) in [6.45, 7) is 4.11. The summed E-state index contributed by atoms with van der Waals surface area (Å²) in [6.07, 6.45) is 0.946. The van der Waals surface area contributed by atoms with Crippen LogP contribution in [0.15, 0.2) is 91.0 Å². The quantitative estimate of drug-likeness (QED) is 0.178. The van der Waals surface area contributed by atoms with E-state index in [4.69, 9.17) is 18.9 Å². The van der Waals surface area contributed by atoms with Crippen LogP contribution in [0.25, 0.3) is 28.0 Å². The van der Waals surface area contributed by atoms with Crippen LogP contribution in [0.2, 0.25) is 0 Å². The number of hydrogen-bond acceptors (Lipinski definition) is 4. The van der Waals surface area contributed by atoms with E-state index < -0.39 is 22.8 Å². The zero-order valence-electron chi connectivity index (χ0n) is 26.9. The molecule has 4 nitrogen and oxygen atoms in total. The van der Waals surface area contributed by atoms with Crippen molar-refractivity contribution < 1.29 is 32.1 Å². The van der Waals surface area contributed by atoms with Gasteiger partial charge < -0.3 is 18.9 Å². The van der Waals surface area contributed by atoms with Gasteiger partial charge in [-0.05, 0) is 101 Å². The van der Waals surface area contributed by atoms with E-state index in [-0.39, 0.29) is 0 Å². The summed E-state index contributed by atoms with van der Waals surface area (Å²) in [5.41, 5.74) is 3.78. The number of alkyl halides is 3. The molecule has 0 atom stereocenters. The smallest absolute Gasteiger partial charge is 0.416 e. The lowest BCUT2D eigenvalue weighted by Crippen LogP contribution is -2.35. The van der Waals surface area contributed by atoms with Crippen LogP contribution in [0.4, 0.5) is 13.2 Å². The average molecular weight is 637 g/mol. The molecule has 0 saturated heterocycles. The SMILES string of the molecule is CCC1(CC)c2cc(C(F)(F)F)ccc2-c2c1c1c(c3cc(OC)ccc23)OC(c2ccc(OC)cc2)(c2ccc(OC)cc2)C=C1. The maximum Gasteiger partial charge on any atom is 0.416 e. The van der Waals surface area contributed by atoms with Crippen LogP contribution < -0.4 is 18.9 Å². The monoisotopic (exact) mass is 636 g/mol. The topological polar surface area (TPSA) is 36.9 Å². The molecule has 5 aromatic carbocycles. The van der Waals surface area contributed by atoms with Crippen molar-refractivity contribution >= 4 is 16.8 Å². The molecule has 7 heteroatoms. The van der Waals surface area contributed by atoms with Crippen molar-refractivity contribution in [3.8, 4) is 34.1 Å². The fourth-order valence-corrected chi connectivity index (χ4v) is 7.63. The molecule has 240 valence electrons. The Bertz CT molecular complexity index is 1970. The predicted octanol–water partition coefficient (Wildman–Crippen LogP) is 10.3. The Morgan fingerprint density at radius 1 is 0.681 bits per heavy atom. The van der Waals surface area contributed by atoms with E-state index >= 15 is 0 Å². The van der Waals surface area contributed by atoms with Gasteiger partial charge in [0, 0.05) is 27.5 Å². The molecule has 0 N–H and O–H groups in total. The standard InChI is InChI=1S/C40H35F3O4/c1-6-38(7-2)34-22-26(40(41,42)43)12-18-31(34)35-30-19-17-29(46-5)23-33(30)37-32(36(35)38)20-21-39(47-37,24-8-13-27(44-3)14-9-24)25-10-15-28(45-4)16-11-25/h8-23H,6-7H2,1-5H3. The molecule has 5 aromatic rings. The Hall–Kier alpha value is -4.91. The van der Waals surface area contributed by atoms with Crippen molar-refractivity contribution in [2.24, 2.45) is 0 Å². The third-order valence-electron chi connectivity index (χ3n) is 10.1. The highest BCUT2D eigenvalue weighted by molar-refractivity contribution is 6.09. The van der Waals surface area contributed by atoms with Gasteiger partial charge in [0.05, 0.1) is 26.9 Å². The molecular weight excluding hydrogens is 601 g/mol. The Morgan fingerprint density at radius 2 is 1.26 bits per heavy atom. The van der Waals surface area contributed by atoms with E-state index in [1.807, 2.05) is 66.7 Å². The maximum absolute atomic E-state index is 14.1. The molecular formula is C40H35F3O4. The Balaban J connectivity index is 1.56. The molecule has 0 spiro atoms. The normalized spacial score (nSPS) is 15.4. The molecule has 0 aromatic heterocycles. The van der Waals surface area contributed by atoms with Crippen molar-refractivity contribution in [3.63, 3.8) is 0 Å². The molecule has 1 heterocycles. The van der Waals surface area contributed by atoms with E-state index in [0.717, 1.165) is 55.7 Å². The van der Waals surface area contributed by atoms with Gasteiger partial charge in [0.1, 0.15) is 23.0 Å². The first-order valence-corrected chi connectivity index (χ1v) is 15.7. The number of ether oxygens (including phenoxy) is 4. The fourth-order valence-electron chi connectivity index (χ4n) is 7.63. The number of benzene rings is 5. The molecule has 0 amide bonds. The highest BCUT2D eigenvalue weighted by Gasteiger charge is 2.48. The third kappa shape index (κ3) is 4.50. The lowest BCUT2D eigenvalue weighted by Gasteiger charge is -2.39. The highest BCUT2D eigenvalue weighted by Crippen LogP contribution is 2.61. The second-order valence-electron chi connectivity index (χ2n) is 12.1. The van der Waals surface area contributed by atoms with Crippen LogP contribution in [0.5, 0.6) is 23.0 Å². The minimum Gasteiger partial charge on any atom is -0.497 e. The summed E-state index contributed by atoms with van der Waals surface area (Å²) in [5.74, 6) is 2.75. The summed E-state index contributed by atoms with van der Waals surface area (Å²) in [5, 5.41) is 1.72. The highest BCUT2D eigenvalue weighted by atomic mass is 19.4. The average Bonchev–Trinajstić information content (AvgIpc) is 3.41. The minimum absolute atomic E-state index is 0.620. The second kappa shape index (κ2) is 11.1. The first kappa shape index (κ1) is 30.7. The van der Waals surface area contributed by atoms with Crippen molar-refractivity contribution in [2.75, 3.05) is 21.3 Å². The predicted molar refractivity (Wildman–Crippen MR) is 179 cm³/mol. The van der Waals surface area contributed by atoms with Gasteiger partial charge in [-0.1, -0.05) is 50.3 Å². The Kier molecular flexibility index (Phi) is 7.27. The van der Waals surface area contributed by atoms with Crippen molar-refractivity contribution in [1.82, 2.24) is 0 Å². The van der Waals surface area contributed by atoms with Crippen LogP contribution in [0.3, 0.4) is 0 Å². The van der Waals surface area contributed by atoms with Crippen LogP contribution in [-0.4, -0.2) is 21.3 Å². The number of fused-ring (bicyclic) bond motifs is 8. The van der Waals surface area contributed by atoms with Crippen LogP contribution in [-0.2, 0) is 17.2 Å². The maximum atomic E-state index is 14.1. The van der Waals surface area contributed by atoms with Crippen LogP contribution >= 0.6 is 0 Å². The number of rotatable bonds is 7. The van der Waals surface area contributed by atoms with Crippen molar-refractivity contribution in [2.45, 2.75) is 43.9 Å². The van der Waals surface area contributed by atoms with Crippen LogP contribution in [0.1, 0.15) is 60.1 Å². The zero-order chi connectivity index (χ0) is 33.1. The fraction of sp³-hybridized carbons (Fsp3) is 0.250.